The van der Waals surface area contributed by atoms with Gasteiger partial charge in [-0.15, -0.1) is 24.8 Å². The highest BCUT2D eigenvalue weighted by molar-refractivity contribution is 6.13. The van der Waals surface area contributed by atoms with Gasteiger partial charge in [0.25, 0.3) is 5.91 Å². The molecule has 1 aromatic heterocycles. The number of amides is 1. The molecule has 0 aliphatic carbocycles. The standard InChI is InChI=1S/C19H22N4O2.2ClH/c1-23(2)10-9-21-19(24)14-6-4-5-13-17(20)15-11-12(25-3)7-8-16(15)22-18(13)14;;/h4-8,11H,9-10H2,1-3H3,(H2,20,22)(H,21,24);2*1H. The maximum atomic E-state index is 12.6. The van der Waals surface area contributed by atoms with Crippen LogP contribution in [-0.2, 0) is 0 Å². The van der Waals surface area contributed by atoms with Crippen molar-refractivity contribution in [3.63, 3.8) is 0 Å². The molecule has 0 aliphatic heterocycles. The Morgan fingerprint density at radius 3 is 2.59 bits per heavy atom. The number of benzene rings is 2. The number of nitrogens with zero attached hydrogens (tertiary/aromatic N) is 2. The van der Waals surface area contributed by atoms with Gasteiger partial charge in [0.2, 0.25) is 0 Å². The van der Waals surface area contributed by atoms with E-state index < -0.39 is 0 Å². The van der Waals surface area contributed by atoms with Gasteiger partial charge in [0.15, 0.2) is 0 Å². The molecule has 146 valence electrons. The molecule has 27 heavy (non-hydrogen) atoms. The third-order valence-electron chi connectivity index (χ3n) is 4.14. The zero-order valence-electron chi connectivity index (χ0n) is 15.5. The number of aromatic nitrogens is 1. The Morgan fingerprint density at radius 1 is 1.19 bits per heavy atom. The molecule has 8 heteroatoms. The Labute approximate surface area is 170 Å². The summed E-state index contributed by atoms with van der Waals surface area (Å²) in [6.07, 6.45) is 0. The van der Waals surface area contributed by atoms with Crippen molar-refractivity contribution >= 4 is 58.2 Å². The Bertz CT molecular complexity index is 948. The largest absolute Gasteiger partial charge is 0.497 e. The number of rotatable bonds is 5. The summed E-state index contributed by atoms with van der Waals surface area (Å²) >= 11 is 0. The van der Waals surface area contributed by atoms with E-state index in [9.17, 15) is 4.79 Å². The summed E-state index contributed by atoms with van der Waals surface area (Å²) in [6, 6.07) is 11.0. The molecule has 0 aliphatic rings. The molecule has 0 spiro atoms. The number of carbonyl (C=O) groups is 1. The maximum absolute atomic E-state index is 12.6. The second-order valence-corrected chi connectivity index (χ2v) is 6.17. The Morgan fingerprint density at radius 2 is 1.93 bits per heavy atom. The average Bonchev–Trinajstić information content (AvgIpc) is 2.61. The van der Waals surface area contributed by atoms with Crippen molar-refractivity contribution in [2.45, 2.75) is 0 Å². The molecule has 0 saturated carbocycles. The topological polar surface area (TPSA) is 80.5 Å². The van der Waals surface area contributed by atoms with Crippen molar-refractivity contribution < 1.29 is 9.53 Å². The average molecular weight is 411 g/mol. The summed E-state index contributed by atoms with van der Waals surface area (Å²) in [7, 11) is 5.54. The normalized spacial score (nSPS) is 10.4. The van der Waals surface area contributed by atoms with E-state index >= 15 is 0 Å². The quantitative estimate of drug-likeness (QED) is 0.631. The van der Waals surface area contributed by atoms with Crippen LogP contribution in [-0.4, -0.2) is 50.1 Å². The molecule has 2 aromatic carbocycles. The van der Waals surface area contributed by atoms with E-state index in [1.165, 1.54) is 0 Å². The number of hydrogen-bond acceptors (Lipinski definition) is 5. The molecule has 3 N–H and O–H groups in total. The minimum atomic E-state index is -0.146. The number of nitrogens with one attached hydrogen (secondary N) is 1. The Balaban J connectivity index is 0.00000182. The van der Waals surface area contributed by atoms with Crippen molar-refractivity contribution in [3.8, 4) is 5.75 Å². The third kappa shape index (κ3) is 4.71. The summed E-state index contributed by atoms with van der Waals surface area (Å²) in [5.74, 6) is 0.574. The molecular formula is C19H24Cl2N4O2. The van der Waals surface area contributed by atoms with E-state index in [4.69, 9.17) is 10.5 Å². The Kier molecular flexibility index (Phi) is 8.09. The number of nitrogen functional groups attached to an aromatic ring is 1. The fourth-order valence-corrected chi connectivity index (χ4v) is 2.77. The molecule has 1 amide bonds. The highest BCUT2D eigenvalue weighted by Gasteiger charge is 2.15. The SMILES string of the molecule is COc1ccc2nc3c(C(=O)NCCN(C)C)cccc3c(N)c2c1.Cl.Cl. The summed E-state index contributed by atoms with van der Waals surface area (Å²) in [5, 5.41) is 4.51. The zero-order valence-corrected chi connectivity index (χ0v) is 17.1. The highest BCUT2D eigenvalue weighted by Crippen LogP contribution is 2.32. The molecule has 0 bridgehead atoms. The lowest BCUT2D eigenvalue weighted by Crippen LogP contribution is -2.31. The van der Waals surface area contributed by atoms with Crippen molar-refractivity contribution in [1.82, 2.24) is 15.2 Å². The number of nitrogens with two attached hydrogens (primary N) is 1. The van der Waals surface area contributed by atoms with Crippen LogP contribution in [0.15, 0.2) is 36.4 Å². The van der Waals surface area contributed by atoms with Crippen molar-refractivity contribution in [3.05, 3.63) is 42.0 Å². The van der Waals surface area contributed by atoms with Crippen LogP contribution in [0.5, 0.6) is 5.75 Å². The fourth-order valence-electron chi connectivity index (χ4n) is 2.77. The zero-order chi connectivity index (χ0) is 18.0. The summed E-state index contributed by atoms with van der Waals surface area (Å²) in [4.78, 5) is 19.2. The smallest absolute Gasteiger partial charge is 0.253 e. The molecule has 6 nitrogen and oxygen atoms in total. The number of methoxy groups -OCH3 is 1. The number of para-hydroxylation sites is 1. The van der Waals surface area contributed by atoms with E-state index in [2.05, 4.69) is 10.3 Å². The van der Waals surface area contributed by atoms with Gasteiger partial charge in [-0.05, 0) is 38.4 Å². The van der Waals surface area contributed by atoms with Crippen molar-refractivity contribution in [2.75, 3.05) is 40.0 Å². The van der Waals surface area contributed by atoms with Gasteiger partial charge in [-0.2, -0.15) is 0 Å². The van der Waals surface area contributed by atoms with Gasteiger partial charge in [0, 0.05) is 23.9 Å². The predicted octanol–water partition coefficient (Wildman–Crippen LogP) is 3.11. The summed E-state index contributed by atoms with van der Waals surface area (Å²) < 4.78 is 5.26. The first kappa shape index (κ1) is 22.8. The fraction of sp³-hybridized carbons (Fsp3) is 0.263. The van der Waals surface area contributed by atoms with Crippen LogP contribution in [0.2, 0.25) is 0 Å². The second kappa shape index (κ2) is 9.60. The first-order valence-corrected chi connectivity index (χ1v) is 8.10. The molecular weight excluding hydrogens is 387 g/mol. The van der Waals surface area contributed by atoms with E-state index in [-0.39, 0.29) is 30.7 Å². The van der Waals surface area contributed by atoms with Gasteiger partial charge >= 0.3 is 0 Å². The molecule has 0 saturated heterocycles. The van der Waals surface area contributed by atoms with Crippen molar-refractivity contribution in [1.29, 1.82) is 0 Å². The van der Waals surface area contributed by atoms with Gasteiger partial charge in [0.05, 0.1) is 29.4 Å². The van der Waals surface area contributed by atoms with Crippen LogP contribution in [0.1, 0.15) is 10.4 Å². The number of fused-ring (bicyclic) bond motifs is 2. The lowest BCUT2D eigenvalue weighted by molar-refractivity contribution is 0.0952. The van der Waals surface area contributed by atoms with E-state index in [1.54, 1.807) is 13.2 Å². The van der Waals surface area contributed by atoms with E-state index in [1.807, 2.05) is 49.3 Å². The van der Waals surface area contributed by atoms with Crippen LogP contribution < -0.4 is 15.8 Å². The minimum Gasteiger partial charge on any atom is -0.497 e. The van der Waals surface area contributed by atoms with Crippen LogP contribution in [0, 0.1) is 0 Å². The van der Waals surface area contributed by atoms with Gasteiger partial charge in [-0.1, -0.05) is 12.1 Å². The van der Waals surface area contributed by atoms with Crippen LogP contribution >= 0.6 is 24.8 Å². The maximum Gasteiger partial charge on any atom is 0.253 e. The monoisotopic (exact) mass is 410 g/mol. The number of pyridine rings is 1. The predicted molar refractivity (Wildman–Crippen MR) is 116 cm³/mol. The number of likely N-dealkylation sites (N-methyl/N-ethyl adjacent to an activating group) is 1. The Hall–Kier alpha value is -2.28. The molecule has 3 aromatic rings. The second-order valence-electron chi connectivity index (χ2n) is 6.17. The number of carbonyl (C=O) groups excluding carboxylic acids is 1. The van der Waals surface area contributed by atoms with Crippen LogP contribution in [0.4, 0.5) is 5.69 Å². The molecule has 0 radical (unpaired) electrons. The van der Waals surface area contributed by atoms with Crippen LogP contribution in [0.3, 0.4) is 0 Å². The molecule has 0 fully saturated rings. The summed E-state index contributed by atoms with van der Waals surface area (Å²) in [5.41, 5.74) is 8.83. The number of ether oxygens (including phenoxy) is 1. The number of hydrogen-bond donors (Lipinski definition) is 2. The first-order valence-electron chi connectivity index (χ1n) is 8.10. The first-order chi connectivity index (χ1) is 12.0. The lowest BCUT2D eigenvalue weighted by atomic mass is 10.0. The van der Waals surface area contributed by atoms with Crippen LogP contribution in [0.25, 0.3) is 21.8 Å². The van der Waals surface area contributed by atoms with Gasteiger partial charge in [-0.3, -0.25) is 4.79 Å². The van der Waals surface area contributed by atoms with E-state index in [0.717, 1.165) is 28.6 Å². The third-order valence-corrected chi connectivity index (χ3v) is 4.14. The van der Waals surface area contributed by atoms with Gasteiger partial charge in [0.1, 0.15) is 5.75 Å². The highest BCUT2D eigenvalue weighted by atomic mass is 35.5. The van der Waals surface area contributed by atoms with Crippen molar-refractivity contribution in [2.24, 2.45) is 0 Å². The van der Waals surface area contributed by atoms with Gasteiger partial charge in [-0.25, -0.2) is 4.98 Å². The minimum absolute atomic E-state index is 0. The van der Waals surface area contributed by atoms with E-state index in [0.29, 0.717) is 23.3 Å². The lowest BCUT2D eigenvalue weighted by Gasteiger charge is -2.13. The molecule has 1 heterocycles. The summed E-state index contributed by atoms with van der Waals surface area (Å²) in [6.45, 7) is 1.34. The number of halogens is 2. The van der Waals surface area contributed by atoms with Gasteiger partial charge < -0.3 is 20.7 Å². The molecule has 0 atom stereocenters. The molecule has 0 unspecified atom stereocenters. The molecule has 3 rings (SSSR count). The number of anilines is 1.